The molecule has 1 aromatic carbocycles. The van der Waals surface area contributed by atoms with Crippen molar-refractivity contribution >= 4 is 6.34 Å². The summed E-state index contributed by atoms with van der Waals surface area (Å²) in [4.78, 5) is 11.6. The summed E-state index contributed by atoms with van der Waals surface area (Å²) in [5.41, 5.74) is -4.22. The molecule has 0 saturated heterocycles. The average Bonchev–Trinajstić information content (AvgIpc) is 2.79. The number of rotatable bonds is 8. The van der Waals surface area contributed by atoms with Crippen molar-refractivity contribution in [1.29, 1.82) is 0 Å². The fourth-order valence-corrected chi connectivity index (χ4v) is 3.10. The SMILES string of the molecule is COc1ncc(-c2ccc(C(F)(F)C(O)(CN(N)/C=N\N)c3ccc(F)cc3F)nc2)cn1. The van der Waals surface area contributed by atoms with Crippen LogP contribution >= 0.6 is 0 Å². The first-order chi connectivity index (χ1) is 15.6. The van der Waals surface area contributed by atoms with Crippen LogP contribution in [0.15, 0.2) is 54.0 Å². The molecule has 0 amide bonds. The van der Waals surface area contributed by atoms with Crippen LogP contribution in [0.3, 0.4) is 0 Å². The molecule has 1 unspecified atom stereocenters. The van der Waals surface area contributed by atoms with Gasteiger partial charge in [-0.2, -0.15) is 13.9 Å². The summed E-state index contributed by atoms with van der Waals surface area (Å²) in [6.45, 7) is -1.06. The summed E-state index contributed by atoms with van der Waals surface area (Å²) in [7, 11) is 1.39. The average molecular weight is 465 g/mol. The number of ether oxygens (including phenoxy) is 1. The lowest BCUT2D eigenvalue weighted by atomic mass is 9.84. The molecule has 3 aromatic rings. The van der Waals surface area contributed by atoms with E-state index in [9.17, 15) is 13.9 Å². The number of hydrogen-bond acceptors (Lipinski definition) is 8. The number of aromatic nitrogens is 3. The number of hydrazine groups is 1. The molecule has 0 bridgehead atoms. The van der Waals surface area contributed by atoms with Gasteiger partial charge in [0.1, 0.15) is 23.7 Å². The van der Waals surface area contributed by atoms with Crippen LogP contribution in [0.2, 0.25) is 0 Å². The minimum atomic E-state index is -4.19. The van der Waals surface area contributed by atoms with E-state index in [0.717, 1.165) is 24.7 Å². The topological polar surface area (TPSA) is 136 Å². The lowest BCUT2D eigenvalue weighted by molar-refractivity contribution is -0.203. The van der Waals surface area contributed by atoms with Crippen LogP contribution in [0.1, 0.15) is 11.3 Å². The number of benzene rings is 1. The van der Waals surface area contributed by atoms with Crippen LogP contribution < -0.4 is 16.4 Å². The van der Waals surface area contributed by atoms with Crippen LogP contribution in [0.4, 0.5) is 17.6 Å². The number of methoxy groups -OCH3 is 1. The maximum Gasteiger partial charge on any atom is 0.323 e. The number of nitrogens with two attached hydrogens (primary N) is 2. The third-order valence-electron chi connectivity index (χ3n) is 4.75. The van der Waals surface area contributed by atoms with Gasteiger partial charge in [-0.25, -0.2) is 24.6 Å². The van der Waals surface area contributed by atoms with Crippen LogP contribution in [0.25, 0.3) is 11.1 Å². The summed E-state index contributed by atoms with van der Waals surface area (Å²) in [5.74, 6) is 3.92. The third kappa shape index (κ3) is 4.68. The van der Waals surface area contributed by atoms with Crippen molar-refractivity contribution in [2.75, 3.05) is 13.7 Å². The van der Waals surface area contributed by atoms with Crippen molar-refractivity contribution in [2.24, 2.45) is 16.8 Å². The standard InChI is InChI=1S/C20H19F4N7O2/c1-33-18-28-8-13(9-29-18)12-2-5-17(27-7-12)20(23,24)19(32,10-31(26)11-30-25)15-4-3-14(21)6-16(15)22/h2-9,11,32H,10,25-26H2,1H3/b30-11-. The molecule has 3 rings (SSSR count). The Bertz CT molecular complexity index is 1130. The Morgan fingerprint density at radius 2 is 1.76 bits per heavy atom. The minimum Gasteiger partial charge on any atom is -0.467 e. The summed E-state index contributed by atoms with van der Waals surface area (Å²) >= 11 is 0. The Labute approximate surface area is 185 Å². The zero-order chi connectivity index (χ0) is 24.2. The number of aliphatic hydroxyl groups is 1. The van der Waals surface area contributed by atoms with Gasteiger partial charge in [-0.1, -0.05) is 6.07 Å². The second kappa shape index (κ2) is 9.34. The van der Waals surface area contributed by atoms with E-state index >= 15 is 8.78 Å². The van der Waals surface area contributed by atoms with Crippen molar-refractivity contribution in [2.45, 2.75) is 11.5 Å². The van der Waals surface area contributed by atoms with E-state index in [1.165, 1.54) is 25.6 Å². The van der Waals surface area contributed by atoms with Crippen molar-refractivity contribution < 1.29 is 27.4 Å². The van der Waals surface area contributed by atoms with Gasteiger partial charge in [0.2, 0.25) is 0 Å². The normalized spacial score (nSPS) is 13.7. The Morgan fingerprint density at radius 3 is 2.30 bits per heavy atom. The van der Waals surface area contributed by atoms with Crippen molar-refractivity contribution in [1.82, 2.24) is 20.0 Å². The number of hydrazone groups is 1. The Hall–Kier alpha value is -3.84. The molecule has 0 aliphatic carbocycles. The van der Waals surface area contributed by atoms with E-state index in [-0.39, 0.29) is 6.01 Å². The number of pyridine rings is 1. The van der Waals surface area contributed by atoms with E-state index in [2.05, 4.69) is 20.1 Å². The van der Waals surface area contributed by atoms with Gasteiger partial charge in [-0.3, -0.25) is 9.99 Å². The van der Waals surface area contributed by atoms with Crippen LogP contribution in [0, 0.1) is 11.6 Å². The van der Waals surface area contributed by atoms with Crippen LogP contribution in [0.5, 0.6) is 6.01 Å². The van der Waals surface area contributed by atoms with E-state index in [4.69, 9.17) is 16.4 Å². The summed E-state index contributed by atoms with van der Waals surface area (Å²) < 4.78 is 64.0. The van der Waals surface area contributed by atoms with Gasteiger partial charge < -0.3 is 15.7 Å². The second-order valence-corrected chi connectivity index (χ2v) is 6.89. The Kier molecular flexibility index (Phi) is 6.74. The van der Waals surface area contributed by atoms with Gasteiger partial charge in [0.15, 0.2) is 5.60 Å². The van der Waals surface area contributed by atoms with Gasteiger partial charge in [-0.05, 0) is 18.2 Å². The van der Waals surface area contributed by atoms with Crippen LogP contribution in [-0.4, -0.2) is 45.1 Å². The van der Waals surface area contributed by atoms with Crippen molar-refractivity contribution in [3.63, 3.8) is 0 Å². The number of hydrogen-bond donors (Lipinski definition) is 3. The Balaban J connectivity index is 2.04. The molecule has 0 spiro atoms. The lowest BCUT2D eigenvalue weighted by Crippen LogP contribution is -2.53. The summed E-state index contributed by atoms with van der Waals surface area (Å²) in [5, 5.41) is 14.7. The number of halogens is 4. The molecular formula is C20H19F4N7O2. The van der Waals surface area contributed by atoms with Gasteiger partial charge in [0.25, 0.3) is 0 Å². The molecule has 9 nitrogen and oxygen atoms in total. The highest BCUT2D eigenvalue weighted by molar-refractivity contribution is 5.60. The van der Waals surface area contributed by atoms with Crippen LogP contribution in [-0.2, 0) is 11.5 Å². The molecule has 1 atom stereocenters. The maximum absolute atomic E-state index is 15.6. The minimum absolute atomic E-state index is 0.119. The highest BCUT2D eigenvalue weighted by atomic mass is 19.3. The highest BCUT2D eigenvalue weighted by Crippen LogP contribution is 2.46. The molecule has 0 radical (unpaired) electrons. The highest BCUT2D eigenvalue weighted by Gasteiger charge is 2.58. The smallest absolute Gasteiger partial charge is 0.323 e. The maximum atomic E-state index is 15.6. The van der Waals surface area contributed by atoms with Gasteiger partial charge in [0, 0.05) is 41.3 Å². The largest absolute Gasteiger partial charge is 0.467 e. The predicted molar refractivity (Wildman–Crippen MR) is 110 cm³/mol. The molecule has 5 N–H and O–H groups in total. The first-order valence-electron chi connectivity index (χ1n) is 9.25. The fraction of sp³-hybridized carbons (Fsp3) is 0.200. The number of nitrogens with zero attached hydrogens (tertiary/aromatic N) is 5. The fourth-order valence-electron chi connectivity index (χ4n) is 3.10. The van der Waals surface area contributed by atoms with Gasteiger partial charge >= 0.3 is 11.9 Å². The zero-order valence-electron chi connectivity index (χ0n) is 17.2. The third-order valence-corrected chi connectivity index (χ3v) is 4.75. The van der Waals surface area contributed by atoms with Crippen molar-refractivity contribution in [3.05, 3.63) is 71.8 Å². The van der Waals surface area contributed by atoms with E-state index in [0.29, 0.717) is 28.3 Å². The molecule has 0 saturated carbocycles. The second-order valence-electron chi connectivity index (χ2n) is 6.89. The molecule has 0 aliphatic rings. The molecule has 2 heterocycles. The first-order valence-corrected chi connectivity index (χ1v) is 9.25. The van der Waals surface area contributed by atoms with Gasteiger partial charge in [-0.15, -0.1) is 0 Å². The number of alkyl halides is 2. The zero-order valence-corrected chi connectivity index (χ0v) is 17.2. The monoisotopic (exact) mass is 465 g/mol. The van der Waals surface area contributed by atoms with Gasteiger partial charge in [0.05, 0.1) is 13.7 Å². The van der Waals surface area contributed by atoms with E-state index in [1.807, 2.05) is 0 Å². The van der Waals surface area contributed by atoms with E-state index < -0.39 is 41.0 Å². The lowest BCUT2D eigenvalue weighted by Gasteiger charge is -2.37. The molecule has 0 fully saturated rings. The molecule has 33 heavy (non-hydrogen) atoms. The first kappa shape index (κ1) is 23.8. The molecular weight excluding hydrogens is 446 g/mol. The van der Waals surface area contributed by atoms with E-state index in [1.54, 1.807) is 0 Å². The molecule has 174 valence electrons. The predicted octanol–water partition coefficient (Wildman–Crippen LogP) is 1.88. The Morgan fingerprint density at radius 1 is 1.09 bits per heavy atom. The molecule has 13 heteroatoms. The quantitative estimate of drug-likeness (QED) is 0.151. The summed E-state index contributed by atoms with van der Waals surface area (Å²) in [6, 6.07) is 4.17. The summed E-state index contributed by atoms with van der Waals surface area (Å²) in [6.07, 6.45) is 4.67. The van der Waals surface area contributed by atoms with Crippen molar-refractivity contribution in [3.8, 4) is 17.1 Å². The molecule has 2 aromatic heterocycles. The molecule has 0 aliphatic heterocycles.